The van der Waals surface area contributed by atoms with Crippen molar-refractivity contribution in [2.75, 3.05) is 20.2 Å². The summed E-state index contributed by atoms with van der Waals surface area (Å²) in [6, 6.07) is 7.50. The maximum Gasteiger partial charge on any atom is 0.254 e. The Bertz CT molecular complexity index is 490. The molecule has 1 aromatic carbocycles. The second kappa shape index (κ2) is 4.62. The van der Waals surface area contributed by atoms with Gasteiger partial charge in [0.05, 0.1) is 19.7 Å². The van der Waals surface area contributed by atoms with Crippen molar-refractivity contribution in [1.82, 2.24) is 4.90 Å². The van der Waals surface area contributed by atoms with Crippen LogP contribution in [0, 0.1) is 5.92 Å². The highest BCUT2D eigenvalue weighted by atomic mass is 16.5. The van der Waals surface area contributed by atoms with Crippen molar-refractivity contribution in [3.8, 4) is 0 Å². The number of ether oxygens (including phenoxy) is 1. The Morgan fingerprint density at radius 2 is 2.11 bits per heavy atom. The molecule has 102 valence electrons. The summed E-state index contributed by atoms with van der Waals surface area (Å²) in [6.07, 6.45) is 2.19. The molecule has 0 unspecified atom stereocenters. The highest BCUT2D eigenvalue weighted by molar-refractivity contribution is 5.96. The van der Waals surface area contributed by atoms with E-state index in [-0.39, 0.29) is 5.91 Å². The lowest BCUT2D eigenvalue weighted by Crippen LogP contribution is -2.64. The first kappa shape index (κ1) is 12.6. The summed E-state index contributed by atoms with van der Waals surface area (Å²) < 4.78 is 5.12. The zero-order chi connectivity index (χ0) is 13.5. The molecule has 0 radical (unpaired) electrons. The summed E-state index contributed by atoms with van der Waals surface area (Å²) in [4.78, 5) is 14.1. The number of aliphatic hydroxyl groups is 1. The van der Waals surface area contributed by atoms with Crippen LogP contribution in [-0.4, -0.2) is 41.7 Å². The standard InChI is InChI=1S/C15H19NO3/c1-19-8-11-4-2-3-5-13(11)14(17)16-9-15(18,10-16)12-6-7-12/h2-5,12,18H,6-10H2,1H3. The van der Waals surface area contributed by atoms with E-state index >= 15 is 0 Å². The molecule has 0 atom stereocenters. The third-order valence-corrected chi connectivity index (χ3v) is 4.10. The quantitative estimate of drug-likeness (QED) is 0.892. The van der Waals surface area contributed by atoms with Gasteiger partial charge >= 0.3 is 0 Å². The smallest absolute Gasteiger partial charge is 0.254 e. The van der Waals surface area contributed by atoms with Gasteiger partial charge in [-0.15, -0.1) is 0 Å². The Morgan fingerprint density at radius 3 is 2.74 bits per heavy atom. The molecule has 1 heterocycles. The number of hydrogen-bond donors (Lipinski definition) is 1. The number of hydrogen-bond acceptors (Lipinski definition) is 3. The average molecular weight is 261 g/mol. The fourth-order valence-electron chi connectivity index (χ4n) is 2.82. The molecule has 1 aliphatic heterocycles. The highest BCUT2D eigenvalue weighted by Gasteiger charge is 2.53. The molecule has 1 aliphatic carbocycles. The van der Waals surface area contributed by atoms with E-state index in [0.717, 1.165) is 18.4 Å². The van der Waals surface area contributed by atoms with Crippen LogP contribution in [-0.2, 0) is 11.3 Å². The molecule has 1 aromatic rings. The Morgan fingerprint density at radius 1 is 1.42 bits per heavy atom. The Hall–Kier alpha value is -1.39. The molecule has 4 nitrogen and oxygen atoms in total. The molecule has 1 amide bonds. The molecular weight excluding hydrogens is 242 g/mol. The van der Waals surface area contributed by atoms with Crippen molar-refractivity contribution in [1.29, 1.82) is 0 Å². The van der Waals surface area contributed by atoms with Gasteiger partial charge in [-0.1, -0.05) is 18.2 Å². The number of amides is 1. The SMILES string of the molecule is COCc1ccccc1C(=O)N1CC(O)(C2CC2)C1. The molecule has 2 aliphatic rings. The second-order valence-corrected chi connectivity index (χ2v) is 5.63. The maximum absolute atomic E-state index is 12.4. The molecule has 1 saturated heterocycles. The van der Waals surface area contributed by atoms with E-state index in [2.05, 4.69) is 0 Å². The molecule has 0 aromatic heterocycles. The third-order valence-electron chi connectivity index (χ3n) is 4.10. The summed E-state index contributed by atoms with van der Waals surface area (Å²) in [7, 11) is 1.62. The van der Waals surface area contributed by atoms with Crippen LogP contribution in [0.5, 0.6) is 0 Å². The summed E-state index contributed by atoms with van der Waals surface area (Å²) in [5.41, 5.74) is 0.963. The molecule has 3 rings (SSSR count). The van der Waals surface area contributed by atoms with Gasteiger partial charge in [0.2, 0.25) is 0 Å². The van der Waals surface area contributed by atoms with Gasteiger partial charge in [0, 0.05) is 12.7 Å². The van der Waals surface area contributed by atoms with Crippen molar-refractivity contribution in [2.24, 2.45) is 5.92 Å². The number of likely N-dealkylation sites (tertiary alicyclic amines) is 1. The number of carbonyl (C=O) groups is 1. The van der Waals surface area contributed by atoms with E-state index in [1.54, 1.807) is 12.0 Å². The van der Waals surface area contributed by atoms with Gasteiger partial charge in [-0.05, 0) is 30.4 Å². The summed E-state index contributed by atoms with van der Waals surface area (Å²) in [6.45, 7) is 1.37. The number of methoxy groups -OCH3 is 1. The number of benzene rings is 1. The van der Waals surface area contributed by atoms with Crippen LogP contribution in [0.25, 0.3) is 0 Å². The molecule has 4 heteroatoms. The average Bonchev–Trinajstić information content (AvgIpc) is 3.20. The number of rotatable bonds is 4. The molecule has 0 bridgehead atoms. The largest absolute Gasteiger partial charge is 0.386 e. The second-order valence-electron chi connectivity index (χ2n) is 5.63. The zero-order valence-corrected chi connectivity index (χ0v) is 11.1. The first-order valence-corrected chi connectivity index (χ1v) is 6.72. The van der Waals surface area contributed by atoms with Gasteiger partial charge in [0.25, 0.3) is 5.91 Å². The molecular formula is C15H19NO3. The first-order valence-electron chi connectivity index (χ1n) is 6.72. The van der Waals surface area contributed by atoms with Crippen molar-refractivity contribution >= 4 is 5.91 Å². The van der Waals surface area contributed by atoms with Crippen LogP contribution in [0.3, 0.4) is 0 Å². The monoisotopic (exact) mass is 261 g/mol. The summed E-state index contributed by atoms with van der Waals surface area (Å²) in [5, 5.41) is 10.3. The fourth-order valence-corrected chi connectivity index (χ4v) is 2.82. The lowest BCUT2D eigenvalue weighted by atomic mass is 9.88. The molecule has 0 spiro atoms. The molecule has 1 N–H and O–H groups in total. The number of nitrogens with zero attached hydrogens (tertiary/aromatic N) is 1. The Balaban J connectivity index is 1.71. The topological polar surface area (TPSA) is 49.8 Å². The van der Waals surface area contributed by atoms with E-state index in [9.17, 15) is 9.90 Å². The minimum atomic E-state index is -0.619. The Kier molecular flexibility index (Phi) is 3.07. The third kappa shape index (κ3) is 2.26. The van der Waals surface area contributed by atoms with Crippen LogP contribution in [0.15, 0.2) is 24.3 Å². The van der Waals surface area contributed by atoms with E-state index in [0.29, 0.717) is 31.2 Å². The van der Waals surface area contributed by atoms with Crippen molar-refractivity contribution in [3.05, 3.63) is 35.4 Å². The van der Waals surface area contributed by atoms with Gasteiger partial charge in [-0.3, -0.25) is 4.79 Å². The molecule has 2 fully saturated rings. The van der Waals surface area contributed by atoms with Gasteiger partial charge in [-0.2, -0.15) is 0 Å². The first-order chi connectivity index (χ1) is 9.14. The van der Waals surface area contributed by atoms with E-state index in [1.807, 2.05) is 24.3 Å². The van der Waals surface area contributed by atoms with Gasteiger partial charge in [-0.25, -0.2) is 0 Å². The molecule has 19 heavy (non-hydrogen) atoms. The normalized spacial score (nSPS) is 21.1. The van der Waals surface area contributed by atoms with Crippen molar-refractivity contribution in [2.45, 2.75) is 25.0 Å². The van der Waals surface area contributed by atoms with Crippen LogP contribution < -0.4 is 0 Å². The van der Waals surface area contributed by atoms with Crippen LogP contribution >= 0.6 is 0 Å². The van der Waals surface area contributed by atoms with Crippen LogP contribution in [0.4, 0.5) is 0 Å². The minimum Gasteiger partial charge on any atom is -0.386 e. The predicted octanol–water partition coefficient (Wildman–Crippen LogP) is 1.43. The fraction of sp³-hybridized carbons (Fsp3) is 0.533. The van der Waals surface area contributed by atoms with Crippen LogP contribution in [0.1, 0.15) is 28.8 Å². The minimum absolute atomic E-state index is 0.00187. The predicted molar refractivity (Wildman–Crippen MR) is 70.7 cm³/mol. The van der Waals surface area contributed by atoms with Crippen molar-refractivity contribution in [3.63, 3.8) is 0 Å². The van der Waals surface area contributed by atoms with Gasteiger partial charge in [0.15, 0.2) is 0 Å². The maximum atomic E-state index is 12.4. The van der Waals surface area contributed by atoms with E-state index in [1.165, 1.54) is 0 Å². The lowest BCUT2D eigenvalue weighted by molar-refractivity contribution is -0.0958. The number of carbonyl (C=O) groups excluding carboxylic acids is 1. The van der Waals surface area contributed by atoms with Gasteiger partial charge in [0.1, 0.15) is 5.60 Å². The van der Waals surface area contributed by atoms with Crippen LogP contribution in [0.2, 0.25) is 0 Å². The van der Waals surface area contributed by atoms with E-state index < -0.39 is 5.60 Å². The zero-order valence-electron chi connectivity index (χ0n) is 11.1. The number of β-amino-alcohol motifs (C(OH)–C–C–N with tert-alkyl or cyclic N) is 1. The molecule has 1 saturated carbocycles. The summed E-state index contributed by atoms with van der Waals surface area (Å²) >= 11 is 0. The Labute approximate surface area is 113 Å². The van der Waals surface area contributed by atoms with Crippen molar-refractivity contribution < 1.29 is 14.6 Å². The lowest BCUT2D eigenvalue weighted by Gasteiger charge is -2.47. The van der Waals surface area contributed by atoms with E-state index in [4.69, 9.17) is 4.74 Å². The highest BCUT2D eigenvalue weighted by Crippen LogP contribution is 2.44. The van der Waals surface area contributed by atoms with Gasteiger partial charge < -0.3 is 14.7 Å². The summed E-state index contributed by atoms with van der Waals surface area (Å²) in [5.74, 6) is 0.406.